The summed E-state index contributed by atoms with van der Waals surface area (Å²) >= 11 is 0. The monoisotopic (exact) mass is 322 g/mol. The van der Waals surface area contributed by atoms with Crippen molar-refractivity contribution in [3.8, 4) is 0 Å². The predicted molar refractivity (Wildman–Crippen MR) is 92.0 cm³/mol. The van der Waals surface area contributed by atoms with E-state index in [-0.39, 0.29) is 5.78 Å². The van der Waals surface area contributed by atoms with Gasteiger partial charge in [-0.2, -0.15) is 5.10 Å². The molecule has 0 aromatic heterocycles. The average Bonchev–Trinajstić information content (AvgIpc) is 3.03. The second kappa shape index (κ2) is 6.66. The molecule has 1 aliphatic heterocycles. The third kappa shape index (κ3) is 2.80. The Kier molecular flexibility index (Phi) is 4.42. The molecule has 0 N–H and O–H groups in total. The van der Waals surface area contributed by atoms with Crippen LogP contribution in [0.1, 0.15) is 18.4 Å². The van der Waals surface area contributed by atoms with Crippen LogP contribution in [0, 0.1) is 0 Å². The fourth-order valence-corrected chi connectivity index (χ4v) is 2.98. The number of para-hydroxylation sites is 1. The van der Waals surface area contributed by atoms with Crippen LogP contribution in [0.5, 0.6) is 0 Å². The highest BCUT2D eigenvalue weighted by Crippen LogP contribution is 2.35. The van der Waals surface area contributed by atoms with Crippen LogP contribution in [0.15, 0.2) is 65.8 Å². The number of anilines is 1. The number of Topliss-reactive ketones (excluding diaryl/α,β-unsaturated/α-hetero) is 1. The van der Waals surface area contributed by atoms with Crippen molar-refractivity contribution in [3.05, 3.63) is 66.2 Å². The van der Waals surface area contributed by atoms with E-state index >= 15 is 0 Å². The molecule has 0 aliphatic carbocycles. The van der Waals surface area contributed by atoms with Gasteiger partial charge in [-0.05, 0) is 17.7 Å². The van der Waals surface area contributed by atoms with Crippen molar-refractivity contribution in [2.24, 2.45) is 5.10 Å². The van der Waals surface area contributed by atoms with Gasteiger partial charge in [0, 0.05) is 6.92 Å². The number of hydrogen-bond donors (Lipinski definition) is 0. The molecule has 2 aromatic carbocycles. The molecule has 0 saturated heterocycles. The van der Waals surface area contributed by atoms with E-state index in [1.807, 2.05) is 60.7 Å². The largest absolute Gasteiger partial charge is 0.467 e. The lowest BCUT2D eigenvalue weighted by atomic mass is 9.86. The van der Waals surface area contributed by atoms with Gasteiger partial charge in [-0.15, -0.1) is 0 Å². The van der Waals surface area contributed by atoms with Crippen molar-refractivity contribution in [2.45, 2.75) is 18.9 Å². The number of ketones is 1. The standard InChI is InChI=1S/C19H18N2O3/c1-13(22)17-16(14-9-5-3-6-10-14)18(19(23)24-2)21(20-17)15-11-7-4-8-12-15/h3-12,16,18H,1-2H3/t16-,18-/m0/s1. The van der Waals surface area contributed by atoms with Crippen molar-refractivity contribution in [3.63, 3.8) is 0 Å². The van der Waals surface area contributed by atoms with Crippen LogP contribution in [0.4, 0.5) is 5.69 Å². The maximum absolute atomic E-state index is 12.5. The SMILES string of the molecule is COC(=O)[C@@H]1[C@@H](c2ccccc2)C(C(C)=O)=NN1c1ccccc1. The minimum absolute atomic E-state index is 0.156. The summed E-state index contributed by atoms with van der Waals surface area (Å²) in [5.41, 5.74) is 1.96. The van der Waals surface area contributed by atoms with Crippen molar-refractivity contribution >= 4 is 23.2 Å². The molecule has 24 heavy (non-hydrogen) atoms. The Balaban J connectivity index is 2.13. The highest BCUT2D eigenvalue weighted by atomic mass is 16.5. The number of nitrogens with zero attached hydrogens (tertiary/aromatic N) is 2. The molecule has 0 bridgehead atoms. The Morgan fingerprint density at radius 3 is 2.12 bits per heavy atom. The normalized spacial score (nSPS) is 19.8. The lowest BCUT2D eigenvalue weighted by Crippen LogP contribution is -2.40. The first-order valence-corrected chi connectivity index (χ1v) is 7.70. The molecular formula is C19H18N2O3. The van der Waals surface area contributed by atoms with E-state index in [0.29, 0.717) is 5.71 Å². The highest BCUT2D eigenvalue weighted by Gasteiger charge is 2.45. The molecule has 5 heteroatoms. The van der Waals surface area contributed by atoms with E-state index in [9.17, 15) is 9.59 Å². The van der Waals surface area contributed by atoms with Gasteiger partial charge in [0.2, 0.25) is 0 Å². The maximum atomic E-state index is 12.5. The van der Waals surface area contributed by atoms with Crippen LogP contribution >= 0.6 is 0 Å². The summed E-state index contributed by atoms with van der Waals surface area (Å²) in [5, 5.41) is 6.05. The summed E-state index contributed by atoms with van der Waals surface area (Å²) in [6.45, 7) is 1.47. The molecule has 0 unspecified atom stereocenters. The van der Waals surface area contributed by atoms with E-state index in [1.165, 1.54) is 14.0 Å². The molecule has 2 aromatic rings. The fourth-order valence-electron chi connectivity index (χ4n) is 2.98. The quantitative estimate of drug-likeness (QED) is 0.812. The number of carbonyl (C=O) groups excluding carboxylic acids is 2. The van der Waals surface area contributed by atoms with Gasteiger partial charge in [-0.1, -0.05) is 48.5 Å². The summed E-state index contributed by atoms with van der Waals surface area (Å²) in [6, 6.07) is 18.1. The van der Waals surface area contributed by atoms with Crippen molar-refractivity contribution in [1.82, 2.24) is 0 Å². The van der Waals surface area contributed by atoms with Gasteiger partial charge in [0.15, 0.2) is 11.8 Å². The van der Waals surface area contributed by atoms with Gasteiger partial charge in [-0.25, -0.2) is 9.80 Å². The van der Waals surface area contributed by atoms with Crippen LogP contribution in [-0.2, 0) is 14.3 Å². The average molecular weight is 322 g/mol. The molecule has 1 heterocycles. The van der Waals surface area contributed by atoms with Gasteiger partial charge in [-0.3, -0.25) is 4.79 Å². The van der Waals surface area contributed by atoms with Crippen molar-refractivity contribution in [1.29, 1.82) is 0 Å². The molecule has 0 radical (unpaired) electrons. The molecule has 2 atom stereocenters. The van der Waals surface area contributed by atoms with Crippen LogP contribution in [-0.4, -0.2) is 30.6 Å². The summed E-state index contributed by atoms with van der Waals surface area (Å²) in [5.74, 6) is -1.04. The van der Waals surface area contributed by atoms with Gasteiger partial charge in [0.1, 0.15) is 5.71 Å². The van der Waals surface area contributed by atoms with E-state index in [0.717, 1.165) is 11.3 Å². The Labute approximate surface area is 140 Å². The summed E-state index contributed by atoms with van der Waals surface area (Å²) in [7, 11) is 1.35. The number of rotatable bonds is 4. The lowest BCUT2D eigenvalue weighted by Gasteiger charge is -2.25. The van der Waals surface area contributed by atoms with Gasteiger partial charge in [0.25, 0.3) is 0 Å². The Hall–Kier alpha value is -2.95. The molecule has 0 saturated carbocycles. The first-order chi connectivity index (χ1) is 11.6. The lowest BCUT2D eigenvalue weighted by molar-refractivity contribution is -0.142. The third-order valence-corrected chi connectivity index (χ3v) is 4.07. The van der Waals surface area contributed by atoms with Crippen molar-refractivity contribution < 1.29 is 14.3 Å². The Bertz CT molecular complexity index is 772. The first-order valence-electron chi connectivity index (χ1n) is 7.70. The zero-order chi connectivity index (χ0) is 17.1. The van der Waals surface area contributed by atoms with Gasteiger partial charge in [0.05, 0.1) is 18.7 Å². The summed E-state index contributed by atoms with van der Waals surface area (Å²) in [6.07, 6.45) is 0. The molecule has 1 aliphatic rings. The minimum Gasteiger partial charge on any atom is -0.467 e. The first kappa shape index (κ1) is 15.9. The Morgan fingerprint density at radius 2 is 1.58 bits per heavy atom. The second-order valence-corrected chi connectivity index (χ2v) is 5.58. The molecule has 5 nitrogen and oxygen atoms in total. The van der Waals surface area contributed by atoms with Crippen LogP contribution in [0.25, 0.3) is 0 Å². The number of hydrogen-bond acceptors (Lipinski definition) is 5. The molecule has 0 amide bonds. The molecule has 122 valence electrons. The van der Waals surface area contributed by atoms with Gasteiger partial charge < -0.3 is 4.74 Å². The Morgan fingerprint density at radius 1 is 1.00 bits per heavy atom. The van der Waals surface area contributed by atoms with Crippen LogP contribution in [0.3, 0.4) is 0 Å². The number of ether oxygens (including phenoxy) is 1. The molecular weight excluding hydrogens is 304 g/mol. The van der Waals surface area contributed by atoms with Crippen molar-refractivity contribution in [2.75, 3.05) is 12.1 Å². The molecule has 3 rings (SSSR count). The predicted octanol–water partition coefficient (Wildman–Crippen LogP) is 2.78. The van der Waals surface area contributed by atoms with Crippen LogP contribution in [0.2, 0.25) is 0 Å². The molecule has 0 spiro atoms. The minimum atomic E-state index is -0.710. The smallest absolute Gasteiger partial charge is 0.331 e. The zero-order valence-corrected chi connectivity index (χ0v) is 13.5. The summed E-state index contributed by atoms with van der Waals surface area (Å²) in [4.78, 5) is 24.7. The molecule has 0 fully saturated rings. The number of methoxy groups -OCH3 is 1. The summed E-state index contributed by atoms with van der Waals surface area (Å²) < 4.78 is 5.00. The van der Waals surface area contributed by atoms with Crippen LogP contribution < -0.4 is 5.01 Å². The second-order valence-electron chi connectivity index (χ2n) is 5.58. The van der Waals surface area contributed by atoms with E-state index in [1.54, 1.807) is 5.01 Å². The van der Waals surface area contributed by atoms with Gasteiger partial charge >= 0.3 is 5.97 Å². The van der Waals surface area contributed by atoms with E-state index in [2.05, 4.69) is 5.10 Å². The number of benzene rings is 2. The van der Waals surface area contributed by atoms with E-state index < -0.39 is 17.9 Å². The zero-order valence-electron chi connectivity index (χ0n) is 13.5. The number of esters is 1. The fraction of sp³-hybridized carbons (Fsp3) is 0.211. The number of hydrazone groups is 1. The topological polar surface area (TPSA) is 59.0 Å². The highest BCUT2D eigenvalue weighted by molar-refractivity contribution is 6.42. The number of carbonyl (C=O) groups is 2. The van der Waals surface area contributed by atoms with E-state index in [4.69, 9.17) is 4.74 Å². The third-order valence-electron chi connectivity index (χ3n) is 4.07. The maximum Gasteiger partial charge on any atom is 0.331 e.